The number of fused-ring (bicyclic) bond motifs is 2. The van der Waals surface area contributed by atoms with Crippen molar-refractivity contribution in [2.24, 2.45) is 0 Å². The first kappa shape index (κ1) is 19.4. The molecular formula is C26H18N2O4. The quantitative estimate of drug-likeness (QED) is 0.385. The van der Waals surface area contributed by atoms with E-state index in [0.29, 0.717) is 11.5 Å². The number of carbonyl (C=O) groups is 2. The highest BCUT2D eigenvalue weighted by molar-refractivity contribution is 6.33. The van der Waals surface area contributed by atoms with Gasteiger partial charge in [0.1, 0.15) is 23.0 Å². The standard InChI is InChI=1S/C26H18N2O4/c27-17-11-13-19(31-15-7-3-1-4-8-15)23-21(17)25(29)22-18(28)12-14-20(24(22)26(23)30)32-16-9-5-2-6-10-16/h1-14H,27-28H2. The molecule has 0 bridgehead atoms. The summed E-state index contributed by atoms with van der Waals surface area (Å²) in [6.45, 7) is 0. The van der Waals surface area contributed by atoms with Crippen LogP contribution in [0.5, 0.6) is 23.0 Å². The summed E-state index contributed by atoms with van der Waals surface area (Å²) in [4.78, 5) is 27.2. The van der Waals surface area contributed by atoms with Crippen molar-refractivity contribution in [3.05, 3.63) is 107 Å². The predicted octanol–water partition coefficient (Wildman–Crippen LogP) is 5.21. The van der Waals surface area contributed by atoms with Crippen LogP contribution in [-0.4, -0.2) is 11.6 Å². The number of ether oxygens (including phenoxy) is 2. The van der Waals surface area contributed by atoms with Gasteiger partial charge in [-0.25, -0.2) is 0 Å². The fourth-order valence-electron chi connectivity index (χ4n) is 3.79. The largest absolute Gasteiger partial charge is 0.457 e. The van der Waals surface area contributed by atoms with Crippen LogP contribution in [0.2, 0.25) is 0 Å². The molecule has 0 saturated carbocycles. The number of nitrogen functional groups attached to an aromatic ring is 2. The van der Waals surface area contributed by atoms with Gasteiger partial charge in [-0.2, -0.15) is 0 Å². The summed E-state index contributed by atoms with van der Waals surface area (Å²) in [6.07, 6.45) is 0. The molecule has 0 heterocycles. The molecule has 5 rings (SSSR count). The van der Waals surface area contributed by atoms with Crippen LogP contribution in [0.1, 0.15) is 31.8 Å². The minimum absolute atomic E-state index is 0.0829. The van der Waals surface area contributed by atoms with E-state index in [1.165, 1.54) is 0 Å². The van der Waals surface area contributed by atoms with Crippen LogP contribution >= 0.6 is 0 Å². The molecule has 0 spiro atoms. The molecule has 156 valence electrons. The lowest BCUT2D eigenvalue weighted by molar-refractivity contribution is 0.0976. The summed E-state index contributed by atoms with van der Waals surface area (Å²) < 4.78 is 11.9. The number of hydrogen-bond acceptors (Lipinski definition) is 6. The highest BCUT2D eigenvalue weighted by atomic mass is 16.5. The first-order valence-corrected chi connectivity index (χ1v) is 9.94. The lowest BCUT2D eigenvalue weighted by Gasteiger charge is -2.24. The van der Waals surface area contributed by atoms with E-state index in [2.05, 4.69) is 0 Å². The van der Waals surface area contributed by atoms with Crippen LogP contribution in [0.25, 0.3) is 0 Å². The molecule has 6 heteroatoms. The molecule has 4 aromatic carbocycles. The molecule has 4 aromatic rings. The average Bonchev–Trinajstić information content (AvgIpc) is 2.81. The van der Waals surface area contributed by atoms with Gasteiger partial charge in [0, 0.05) is 11.4 Å². The zero-order chi connectivity index (χ0) is 22.2. The molecule has 0 amide bonds. The Balaban J connectivity index is 1.69. The third-order valence-electron chi connectivity index (χ3n) is 5.25. The average molecular weight is 422 g/mol. The SMILES string of the molecule is Nc1ccc(Oc2ccccc2)c2c1C(=O)c1c(N)ccc(Oc3ccccc3)c1C2=O. The Morgan fingerprint density at radius 3 is 1.25 bits per heavy atom. The number of nitrogens with two attached hydrogens (primary N) is 2. The molecule has 0 unspecified atom stereocenters. The van der Waals surface area contributed by atoms with Gasteiger partial charge in [0.05, 0.1) is 22.3 Å². The second-order valence-corrected chi connectivity index (χ2v) is 7.29. The van der Waals surface area contributed by atoms with Crippen molar-refractivity contribution >= 4 is 22.9 Å². The Kier molecular flexibility index (Phi) is 4.60. The van der Waals surface area contributed by atoms with E-state index in [1.807, 2.05) is 36.4 Å². The van der Waals surface area contributed by atoms with Crippen molar-refractivity contribution in [1.29, 1.82) is 0 Å². The predicted molar refractivity (Wildman–Crippen MR) is 122 cm³/mol. The highest BCUT2D eigenvalue weighted by Gasteiger charge is 2.38. The number of ketones is 2. The van der Waals surface area contributed by atoms with E-state index in [0.717, 1.165) is 0 Å². The fraction of sp³-hybridized carbons (Fsp3) is 0. The van der Waals surface area contributed by atoms with E-state index in [4.69, 9.17) is 20.9 Å². The Labute approximate surface area is 184 Å². The third kappa shape index (κ3) is 3.15. The number of benzene rings is 4. The normalized spacial score (nSPS) is 12.1. The molecule has 0 radical (unpaired) electrons. The van der Waals surface area contributed by atoms with E-state index in [9.17, 15) is 9.59 Å². The maximum atomic E-state index is 13.8. The van der Waals surface area contributed by atoms with Gasteiger partial charge < -0.3 is 20.9 Å². The second-order valence-electron chi connectivity index (χ2n) is 7.29. The number of rotatable bonds is 4. The van der Waals surface area contributed by atoms with Crippen molar-refractivity contribution < 1.29 is 19.1 Å². The topological polar surface area (TPSA) is 105 Å². The van der Waals surface area contributed by atoms with Crippen LogP contribution in [-0.2, 0) is 0 Å². The van der Waals surface area contributed by atoms with Crippen LogP contribution < -0.4 is 20.9 Å². The van der Waals surface area contributed by atoms with Crippen molar-refractivity contribution in [3.8, 4) is 23.0 Å². The van der Waals surface area contributed by atoms with Gasteiger partial charge in [0.15, 0.2) is 5.78 Å². The Morgan fingerprint density at radius 1 is 0.469 bits per heavy atom. The van der Waals surface area contributed by atoms with Crippen LogP contribution in [0.15, 0.2) is 84.9 Å². The Morgan fingerprint density at radius 2 is 0.844 bits per heavy atom. The minimum atomic E-state index is -0.443. The molecular weight excluding hydrogens is 404 g/mol. The van der Waals surface area contributed by atoms with Crippen molar-refractivity contribution in [2.45, 2.75) is 0 Å². The first-order chi connectivity index (χ1) is 15.5. The Hall–Kier alpha value is -4.58. The Bertz CT molecular complexity index is 1260. The molecule has 0 atom stereocenters. The van der Waals surface area contributed by atoms with Gasteiger partial charge in [-0.15, -0.1) is 0 Å². The summed E-state index contributed by atoms with van der Waals surface area (Å²) in [5, 5.41) is 0. The van der Waals surface area contributed by atoms with Crippen molar-refractivity contribution in [1.82, 2.24) is 0 Å². The summed E-state index contributed by atoms with van der Waals surface area (Å²) in [7, 11) is 0. The molecule has 4 N–H and O–H groups in total. The lowest BCUT2D eigenvalue weighted by atomic mass is 9.81. The summed E-state index contributed by atoms with van der Waals surface area (Å²) in [6, 6.07) is 24.3. The van der Waals surface area contributed by atoms with Gasteiger partial charge in [-0.3, -0.25) is 9.59 Å². The molecule has 0 aromatic heterocycles. The molecule has 32 heavy (non-hydrogen) atoms. The van der Waals surface area contributed by atoms with Gasteiger partial charge in [-0.05, 0) is 48.5 Å². The monoisotopic (exact) mass is 422 g/mol. The summed E-state index contributed by atoms with van der Waals surface area (Å²) in [5.41, 5.74) is 13.0. The smallest absolute Gasteiger partial charge is 0.202 e. The van der Waals surface area contributed by atoms with Gasteiger partial charge in [0.2, 0.25) is 5.78 Å². The van der Waals surface area contributed by atoms with Gasteiger partial charge in [-0.1, -0.05) is 36.4 Å². The maximum Gasteiger partial charge on any atom is 0.202 e. The van der Waals surface area contributed by atoms with Crippen LogP contribution in [0.3, 0.4) is 0 Å². The highest BCUT2D eigenvalue weighted by Crippen LogP contribution is 2.43. The number of anilines is 2. The zero-order valence-corrected chi connectivity index (χ0v) is 16.9. The van der Waals surface area contributed by atoms with E-state index in [1.54, 1.807) is 48.5 Å². The van der Waals surface area contributed by atoms with Crippen LogP contribution in [0.4, 0.5) is 11.4 Å². The molecule has 1 aliphatic carbocycles. The van der Waals surface area contributed by atoms with E-state index >= 15 is 0 Å². The minimum Gasteiger partial charge on any atom is -0.457 e. The van der Waals surface area contributed by atoms with Gasteiger partial charge in [0.25, 0.3) is 0 Å². The molecule has 0 aliphatic heterocycles. The van der Waals surface area contributed by atoms with Gasteiger partial charge >= 0.3 is 0 Å². The molecule has 6 nitrogen and oxygen atoms in total. The van der Waals surface area contributed by atoms with E-state index in [-0.39, 0.29) is 45.1 Å². The maximum absolute atomic E-state index is 13.8. The number of carbonyl (C=O) groups excluding carboxylic acids is 2. The number of hydrogen-bond donors (Lipinski definition) is 2. The molecule has 0 fully saturated rings. The van der Waals surface area contributed by atoms with Crippen LogP contribution in [0, 0.1) is 0 Å². The molecule has 0 saturated heterocycles. The summed E-state index contributed by atoms with van der Waals surface area (Å²) in [5.74, 6) is 0.639. The second kappa shape index (κ2) is 7.59. The lowest BCUT2D eigenvalue weighted by Crippen LogP contribution is -2.25. The zero-order valence-electron chi connectivity index (χ0n) is 16.9. The number of para-hydroxylation sites is 2. The third-order valence-corrected chi connectivity index (χ3v) is 5.25. The first-order valence-electron chi connectivity index (χ1n) is 9.94. The van der Waals surface area contributed by atoms with Crippen molar-refractivity contribution in [2.75, 3.05) is 11.5 Å². The fourth-order valence-corrected chi connectivity index (χ4v) is 3.79. The molecule has 1 aliphatic rings. The summed E-state index contributed by atoms with van der Waals surface area (Å²) >= 11 is 0. The van der Waals surface area contributed by atoms with E-state index < -0.39 is 11.6 Å². The van der Waals surface area contributed by atoms with Crippen molar-refractivity contribution in [3.63, 3.8) is 0 Å².